The summed E-state index contributed by atoms with van der Waals surface area (Å²) >= 11 is 0. The van der Waals surface area contributed by atoms with Gasteiger partial charge in [-0.1, -0.05) is 6.92 Å². The van der Waals surface area contributed by atoms with E-state index in [0.717, 1.165) is 0 Å². The predicted molar refractivity (Wildman–Crippen MR) is 48.3 cm³/mol. The molecule has 2 aromatic heterocycles. The molecule has 5 heteroatoms. The molecule has 5 nitrogen and oxygen atoms in total. The Morgan fingerprint density at radius 2 is 2.33 bits per heavy atom. The summed E-state index contributed by atoms with van der Waals surface area (Å²) in [5.74, 6) is -0.405. The Morgan fingerprint density at radius 1 is 1.53 bits per heavy atom. The van der Waals surface area contributed by atoms with E-state index in [-0.39, 0.29) is 23.9 Å². The van der Waals surface area contributed by atoms with Gasteiger partial charge in [-0.25, -0.2) is 4.79 Å². The first-order valence-corrected chi connectivity index (χ1v) is 4.52. The molecule has 3 heterocycles. The summed E-state index contributed by atoms with van der Waals surface area (Å²) in [6, 6.07) is 1.52. The predicted octanol–water partition coefficient (Wildman–Crippen LogP) is 1.72. The van der Waals surface area contributed by atoms with Crippen LogP contribution in [0.3, 0.4) is 0 Å². The third kappa shape index (κ3) is 0.918. The molecular formula is C10H6O5. The fourth-order valence-electron chi connectivity index (χ4n) is 1.56. The highest BCUT2D eigenvalue weighted by Gasteiger charge is 2.36. The first kappa shape index (κ1) is 8.28. The van der Waals surface area contributed by atoms with Crippen molar-refractivity contribution in [1.29, 1.82) is 0 Å². The molecule has 0 aliphatic carbocycles. The lowest BCUT2D eigenvalue weighted by molar-refractivity contribution is -0.134. The van der Waals surface area contributed by atoms with Gasteiger partial charge in [-0.05, 0) is 0 Å². The van der Waals surface area contributed by atoms with Gasteiger partial charge in [0, 0.05) is 12.5 Å². The van der Waals surface area contributed by atoms with Crippen molar-refractivity contribution < 1.29 is 23.5 Å². The number of rotatable bonds is 2. The van der Waals surface area contributed by atoms with Crippen molar-refractivity contribution in [1.82, 2.24) is 0 Å². The number of carbonyl (C=O) groups is 2. The van der Waals surface area contributed by atoms with E-state index in [0.29, 0.717) is 16.7 Å². The van der Waals surface area contributed by atoms with Gasteiger partial charge in [0.25, 0.3) is 0 Å². The molecule has 0 atom stereocenters. The standard InChI is InChI=1S/C10H6O5/c1-2-6(11)14-8-5-3-4-7(13-5)9(8)15-10(4)12/h3H,2H2,1H3. The van der Waals surface area contributed by atoms with Gasteiger partial charge in [-0.15, -0.1) is 0 Å². The van der Waals surface area contributed by atoms with Crippen LogP contribution in [0.25, 0.3) is 11.2 Å². The monoisotopic (exact) mass is 206 g/mol. The zero-order chi connectivity index (χ0) is 10.6. The summed E-state index contributed by atoms with van der Waals surface area (Å²) in [6.07, 6.45) is 0.254. The number of carbonyl (C=O) groups excluding carboxylic acids is 2. The van der Waals surface area contributed by atoms with Gasteiger partial charge in [-0.2, -0.15) is 0 Å². The van der Waals surface area contributed by atoms with Gasteiger partial charge in [0.2, 0.25) is 11.5 Å². The van der Waals surface area contributed by atoms with Crippen LogP contribution in [0.4, 0.5) is 0 Å². The Bertz CT molecular complexity index is 565. The molecule has 3 rings (SSSR count). The van der Waals surface area contributed by atoms with Crippen LogP contribution >= 0.6 is 0 Å². The lowest BCUT2D eigenvalue weighted by atomic mass is 10.2. The van der Waals surface area contributed by atoms with E-state index < -0.39 is 5.97 Å². The normalized spacial score (nSPS) is 13.5. The highest BCUT2D eigenvalue weighted by molar-refractivity contribution is 6.10. The number of hydrogen-bond acceptors (Lipinski definition) is 5. The smallest absolute Gasteiger partial charge is 0.347 e. The summed E-state index contributed by atoms with van der Waals surface area (Å²) in [4.78, 5) is 22.3. The highest BCUT2D eigenvalue weighted by Crippen LogP contribution is 2.49. The maximum atomic E-state index is 11.2. The van der Waals surface area contributed by atoms with Crippen molar-refractivity contribution in [3.63, 3.8) is 0 Å². The Balaban J connectivity index is 2.09. The van der Waals surface area contributed by atoms with E-state index in [2.05, 4.69) is 0 Å². The molecule has 0 saturated carbocycles. The van der Waals surface area contributed by atoms with Gasteiger partial charge in [0.15, 0.2) is 11.2 Å². The van der Waals surface area contributed by atoms with Crippen LogP contribution in [0.15, 0.2) is 10.5 Å². The Hall–Kier alpha value is -2.04. The highest BCUT2D eigenvalue weighted by atomic mass is 16.6. The Kier molecular flexibility index (Phi) is 1.38. The Morgan fingerprint density at radius 3 is 3.07 bits per heavy atom. The molecule has 1 aliphatic heterocycles. The fraction of sp³-hybridized carbons (Fsp3) is 0.200. The lowest BCUT2D eigenvalue weighted by Gasteiger charge is -2.00. The van der Waals surface area contributed by atoms with Crippen LogP contribution in [0.5, 0.6) is 11.5 Å². The number of fused-ring (bicyclic) bond motifs is 1. The number of furan rings is 2. The molecule has 2 aromatic rings. The molecule has 0 spiro atoms. The van der Waals surface area contributed by atoms with E-state index in [1.165, 1.54) is 6.07 Å². The lowest BCUT2D eigenvalue weighted by Crippen LogP contribution is -2.06. The average Bonchev–Trinajstić information content (AvgIpc) is 2.81. The van der Waals surface area contributed by atoms with Gasteiger partial charge in [0.05, 0.1) is 0 Å². The van der Waals surface area contributed by atoms with Crippen LogP contribution < -0.4 is 9.47 Å². The second-order valence-electron chi connectivity index (χ2n) is 3.23. The molecule has 0 fully saturated rings. The first-order valence-electron chi connectivity index (χ1n) is 4.52. The number of esters is 2. The minimum atomic E-state index is -0.461. The molecule has 0 radical (unpaired) electrons. The molecule has 0 amide bonds. The van der Waals surface area contributed by atoms with E-state index in [4.69, 9.17) is 13.9 Å². The molecule has 0 N–H and O–H groups in total. The van der Waals surface area contributed by atoms with Crippen molar-refractivity contribution in [2.24, 2.45) is 0 Å². The van der Waals surface area contributed by atoms with Gasteiger partial charge in [-0.3, -0.25) is 4.79 Å². The molecule has 0 saturated heterocycles. The topological polar surface area (TPSA) is 65.7 Å². The zero-order valence-electron chi connectivity index (χ0n) is 7.83. The van der Waals surface area contributed by atoms with Crippen LogP contribution in [0.2, 0.25) is 0 Å². The van der Waals surface area contributed by atoms with Crippen molar-refractivity contribution in [3.8, 4) is 11.5 Å². The third-order valence-electron chi connectivity index (χ3n) is 2.29. The van der Waals surface area contributed by atoms with Gasteiger partial charge < -0.3 is 13.9 Å². The summed E-state index contributed by atoms with van der Waals surface area (Å²) < 4.78 is 15.1. The van der Waals surface area contributed by atoms with Gasteiger partial charge >= 0.3 is 11.9 Å². The maximum Gasteiger partial charge on any atom is 0.347 e. The van der Waals surface area contributed by atoms with E-state index >= 15 is 0 Å². The average molecular weight is 206 g/mol. The molecule has 1 aliphatic rings. The van der Waals surface area contributed by atoms with E-state index in [1.54, 1.807) is 6.92 Å². The molecule has 2 bridgehead atoms. The van der Waals surface area contributed by atoms with E-state index in [9.17, 15) is 9.59 Å². The van der Waals surface area contributed by atoms with Crippen LogP contribution in [-0.4, -0.2) is 11.9 Å². The summed E-state index contributed by atoms with van der Waals surface area (Å²) in [5.41, 5.74) is 1.15. The SMILES string of the molecule is CCC(=O)Oc1c2c3oc1cc3C(=O)O2. The largest absolute Gasteiger partial charge is 0.448 e. The first-order chi connectivity index (χ1) is 7.20. The number of ether oxygens (including phenoxy) is 2. The van der Waals surface area contributed by atoms with Crippen molar-refractivity contribution in [2.75, 3.05) is 0 Å². The van der Waals surface area contributed by atoms with Crippen LogP contribution in [0.1, 0.15) is 23.7 Å². The maximum absolute atomic E-state index is 11.2. The second kappa shape index (κ2) is 2.50. The molecule has 0 unspecified atom stereocenters. The summed E-state index contributed by atoms with van der Waals surface area (Å²) in [6.45, 7) is 1.68. The minimum Gasteiger partial charge on any atom is -0.448 e. The zero-order valence-corrected chi connectivity index (χ0v) is 7.83. The van der Waals surface area contributed by atoms with Crippen molar-refractivity contribution in [3.05, 3.63) is 11.6 Å². The van der Waals surface area contributed by atoms with Crippen molar-refractivity contribution >= 4 is 23.1 Å². The van der Waals surface area contributed by atoms with Crippen LogP contribution in [0, 0.1) is 0 Å². The third-order valence-corrected chi connectivity index (χ3v) is 2.29. The Labute approximate surface area is 83.9 Å². The fourth-order valence-corrected chi connectivity index (χ4v) is 1.56. The summed E-state index contributed by atoms with van der Waals surface area (Å²) in [7, 11) is 0. The van der Waals surface area contributed by atoms with Crippen molar-refractivity contribution in [2.45, 2.75) is 13.3 Å². The number of benzene rings is 1. The molecule has 76 valence electrons. The quantitative estimate of drug-likeness (QED) is 0.552. The summed E-state index contributed by atoms with van der Waals surface area (Å²) in [5, 5.41) is 0. The molecular weight excluding hydrogens is 200 g/mol. The van der Waals surface area contributed by atoms with Gasteiger partial charge in [0.1, 0.15) is 5.56 Å². The van der Waals surface area contributed by atoms with Crippen LogP contribution in [-0.2, 0) is 4.79 Å². The number of hydrogen-bond donors (Lipinski definition) is 0. The molecule has 15 heavy (non-hydrogen) atoms. The second-order valence-corrected chi connectivity index (χ2v) is 3.23. The minimum absolute atomic E-state index is 0.214. The molecule has 0 aromatic carbocycles. The van der Waals surface area contributed by atoms with E-state index in [1.807, 2.05) is 0 Å².